The van der Waals surface area contributed by atoms with Crippen molar-refractivity contribution in [2.45, 2.75) is 0 Å². The van der Waals surface area contributed by atoms with Crippen LogP contribution >= 0.6 is 11.6 Å². The molecule has 2 rings (SSSR count). The zero-order valence-corrected chi connectivity index (χ0v) is 9.31. The molecule has 1 heterocycles. The van der Waals surface area contributed by atoms with Crippen molar-refractivity contribution >= 4 is 11.6 Å². The van der Waals surface area contributed by atoms with Crippen molar-refractivity contribution in [1.82, 2.24) is 9.97 Å². The lowest BCUT2D eigenvalue weighted by Crippen LogP contribution is -1.92. The van der Waals surface area contributed by atoms with Gasteiger partial charge < -0.3 is 9.47 Å². The van der Waals surface area contributed by atoms with E-state index in [1.807, 2.05) is 0 Å². The second kappa shape index (κ2) is 4.81. The third-order valence-corrected chi connectivity index (χ3v) is 2.11. The van der Waals surface area contributed by atoms with Gasteiger partial charge in [0.2, 0.25) is 11.8 Å². The molecule has 5 heteroatoms. The van der Waals surface area contributed by atoms with Gasteiger partial charge in [0.25, 0.3) is 0 Å². The van der Waals surface area contributed by atoms with Gasteiger partial charge in [-0.05, 0) is 24.3 Å². The SMILES string of the molecule is COc1cc(Oc2ccc(Cl)cc2)ncn1. The Hall–Kier alpha value is -1.81. The Labute approximate surface area is 97.8 Å². The molecule has 0 fully saturated rings. The molecule has 0 amide bonds. The quantitative estimate of drug-likeness (QED) is 0.822. The van der Waals surface area contributed by atoms with Crippen molar-refractivity contribution in [1.29, 1.82) is 0 Å². The van der Waals surface area contributed by atoms with Gasteiger partial charge in [-0.3, -0.25) is 0 Å². The van der Waals surface area contributed by atoms with Crippen molar-refractivity contribution in [3.63, 3.8) is 0 Å². The summed E-state index contributed by atoms with van der Waals surface area (Å²) >= 11 is 5.76. The number of nitrogens with zero attached hydrogens (tertiary/aromatic N) is 2. The van der Waals surface area contributed by atoms with Crippen LogP contribution in [0.2, 0.25) is 5.02 Å². The Morgan fingerprint density at radius 2 is 1.75 bits per heavy atom. The highest BCUT2D eigenvalue weighted by atomic mass is 35.5. The van der Waals surface area contributed by atoms with Crippen LogP contribution in [0.1, 0.15) is 0 Å². The largest absolute Gasteiger partial charge is 0.481 e. The lowest BCUT2D eigenvalue weighted by atomic mass is 10.3. The molecule has 0 N–H and O–H groups in total. The molecule has 0 spiro atoms. The fraction of sp³-hybridized carbons (Fsp3) is 0.0909. The summed E-state index contributed by atoms with van der Waals surface area (Å²) < 4.78 is 10.4. The predicted molar refractivity (Wildman–Crippen MR) is 60.1 cm³/mol. The third kappa shape index (κ3) is 2.61. The van der Waals surface area contributed by atoms with Gasteiger partial charge in [-0.2, -0.15) is 0 Å². The van der Waals surface area contributed by atoms with E-state index < -0.39 is 0 Å². The van der Waals surface area contributed by atoms with Gasteiger partial charge in [-0.1, -0.05) is 11.6 Å². The summed E-state index contributed by atoms with van der Waals surface area (Å²) in [5, 5.41) is 0.660. The fourth-order valence-corrected chi connectivity index (χ4v) is 1.24. The average molecular weight is 237 g/mol. The molecule has 0 aliphatic rings. The van der Waals surface area contributed by atoms with E-state index in [-0.39, 0.29) is 0 Å². The molecule has 16 heavy (non-hydrogen) atoms. The number of aromatic nitrogens is 2. The minimum atomic E-state index is 0.425. The molecule has 4 nitrogen and oxygen atoms in total. The van der Waals surface area contributed by atoms with Gasteiger partial charge >= 0.3 is 0 Å². The minimum Gasteiger partial charge on any atom is -0.481 e. The van der Waals surface area contributed by atoms with Crippen LogP contribution in [-0.2, 0) is 0 Å². The van der Waals surface area contributed by atoms with E-state index in [1.54, 1.807) is 30.3 Å². The maximum atomic E-state index is 5.76. The molecule has 82 valence electrons. The minimum absolute atomic E-state index is 0.425. The van der Waals surface area contributed by atoms with Gasteiger partial charge in [-0.25, -0.2) is 9.97 Å². The fourth-order valence-electron chi connectivity index (χ4n) is 1.11. The Bertz CT molecular complexity index is 474. The van der Waals surface area contributed by atoms with Crippen LogP contribution in [0.5, 0.6) is 17.5 Å². The smallest absolute Gasteiger partial charge is 0.226 e. The van der Waals surface area contributed by atoms with Crippen LogP contribution in [0.4, 0.5) is 0 Å². The number of hydrogen-bond donors (Lipinski definition) is 0. The number of halogens is 1. The molecule has 0 radical (unpaired) electrons. The zero-order valence-electron chi connectivity index (χ0n) is 8.55. The molecule has 0 bridgehead atoms. The molecular formula is C11H9ClN2O2. The first kappa shape index (κ1) is 10.7. The molecule has 0 unspecified atom stereocenters. The monoisotopic (exact) mass is 236 g/mol. The summed E-state index contributed by atoms with van der Waals surface area (Å²) in [6, 6.07) is 8.62. The second-order valence-electron chi connectivity index (χ2n) is 2.95. The van der Waals surface area contributed by atoms with Gasteiger partial charge in [0, 0.05) is 5.02 Å². The van der Waals surface area contributed by atoms with Crippen molar-refractivity contribution in [3.05, 3.63) is 41.7 Å². The first-order valence-corrected chi connectivity index (χ1v) is 4.95. The van der Waals surface area contributed by atoms with Crippen molar-refractivity contribution < 1.29 is 9.47 Å². The van der Waals surface area contributed by atoms with Gasteiger partial charge in [-0.15, -0.1) is 0 Å². The summed E-state index contributed by atoms with van der Waals surface area (Å²) in [6.07, 6.45) is 1.38. The summed E-state index contributed by atoms with van der Waals surface area (Å²) in [5.41, 5.74) is 0. The van der Waals surface area contributed by atoms with E-state index in [9.17, 15) is 0 Å². The summed E-state index contributed by atoms with van der Waals surface area (Å²) in [7, 11) is 1.54. The number of ether oxygens (including phenoxy) is 2. The van der Waals surface area contributed by atoms with E-state index in [2.05, 4.69) is 9.97 Å². The highest BCUT2D eigenvalue weighted by molar-refractivity contribution is 6.30. The van der Waals surface area contributed by atoms with Crippen LogP contribution in [-0.4, -0.2) is 17.1 Å². The lowest BCUT2D eigenvalue weighted by Gasteiger charge is -2.05. The van der Waals surface area contributed by atoms with Crippen LogP contribution in [0.25, 0.3) is 0 Å². The number of hydrogen-bond acceptors (Lipinski definition) is 4. The molecule has 2 aromatic rings. The Morgan fingerprint density at radius 1 is 1.06 bits per heavy atom. The molecule has 0 saturated heterocycles. The van der Waals surface area contributed by atoms with Crippen LogP contribution in [0.15, 0.2) is 36.7 Å². The Kier molecular flexibility index (Phi) is 3.22. The van der Waals surface area contributed by atoms with E-state index in [0.717, 1.165) is 0 Å². The van der Waals surface area contributed by atoms with Crippen LogP contribution in [0.3, 0.4) is 0 Å². The van der Waals surface area contributed by atoms with E-state index in [0.29, 0.717) is 22.5 Å². The van der Waals surface area contributed by atoms with Crippen molar-refractivity contribution in [3.8, 4) is 17.5 Å². The van der Waals surface area contributed by atoms with E-state index in [1.165, 1.54) is 13.4 Å². The van der Waals surface area contributed by atoms with Gasteiger partial charge in [0.05, 0.1) is 13.2 Å². The standard InChI is InChI=1S/C11H9ClN2O2/c1-15-10-6-11(14-7-13-10)16-9-4-2-8(12)3-5-9/h2-7H,1H3. The lowest BCUT2D eigenvalue weighted by molar-refractivity contribution is 0.388. The zero-order chi connectivity index (χ0) is 11.4. The first-order valence-electron chi connectivity index (χ1n) is 4.57. The molecule has 0 saturated carbocycles. The predicted octanol–water partition coefficient (Wildman–Crippen LogP) is 2.93. The van der Waals surface area contributed by atoms with Gasteiger partial charge in [0.1, 0.15) is 12.1 Å². The molecule has 0 atom stereocenters. The number of benzene rings is 1. The number of rotatable bonds is 3. The van der Waals surface area contributed by atoms with Crippen LogP contribution in [0, 0.1) is 0 Å². The summed E-state index contributed by atoms with van der Waals surface area (Å²) in [6.45, 7) is 0. The highest BCUT2D eigenvalue weighted by Crippen LogP contribution is 2.22. The number of methoxy groups -OCH3 is 1. The van der Waals surface area contributed by atoms with Gasteiger partial charge in [0.15, 0.2) is 0 Å². The topological polar surface area (TPSA) is 44.2 Å². The maximum absolute atomic E-state index is 5.76. The first-order chi connectivity index (χ1) is 7.78. The summed E-state index contributed by atoms with van der Waals surface area (Å²) in [4.78, 5) is 7.84. The molecule has 0 aliphatic heterocycles. The highest BCUT2D eigenvalue weighted by Gasteiger charge is 2.01. The van der Waals surface area contributed by atoms with Crippen LogP contribution < -0.4 is 9.47 Å². The maximum Gasteiger partial charge on any atom is 0.226 e. The molecular weight excluding hydrogens is 228 g/mol. The molecule has 0 aliphatic carbocycles. The van der Waals surface area contributed by atoms with E-state index in [4.69, 9.17) is 21.1 Å². The summed E-state index contributed by atoms with van der Waals surface area (Å²) in [5.74, 6) is 1.54. The molecule has 1 aromatic carbocycles. The van der Waals surface area contributed by atoms with Crippen molar-refractivity contribution in [2.24, 2.45) is 0 Å². The molecule has 1 aromatic heterocycles. The second-order valence-corrected chi connectivity index (χ2v) is 3.39. The van der Waals surface area contributed by atoms with E-state index >= 15 is 0 Å². The normalized spacial score (nSPS) is 9.88. The Morgan fingerprint density at radius 3 is 2.44 bits per heavy atom. The third-order valence-electron chi connectivity index (χ3n) is 1.86. The average Bonchev–Trinajstić information content (AvgIpc) is 2.32. The Balaban J connectivity index is 2.16. The van der Waals surface area contributed by atoms with Crippen molar-refractivity contribution in [2.75, 3.05) is 7.11 Å².